The minimum Gasteiger partial charge on any atom is -0.489 e. The number of carboxylic acids is 1. The van der Waals surface area contributed by atoms with Gasteiger partial charge in [0, 0.05) is 24.5 Å². The number of aryl methyl sites for hydroxylation is 2. The average molecular weight is 642 g/mol. The van der Waals surface area contributed by atoms with E-state index in [1.165, 1.54) is 4.90 Å². The van der Waals surface area contributed by atoms with Crippen molar-refractivity contribution in [3.05, 3.63) is 58.9 Å². The van der Waals surface area contributed by atoms with E-state index in [9.17, 15) is 37.6 Å². The standard InChI is InChI=1S/C26H33N5O7.C2HF3O2/c1-16-12-18(13-17(2)29-16)15-38-20-6-4-19(5-7-20)26(3)9-11-31(24(26)34)21(23(33)30-37)8-10-27-22(32)14-28-25(35)36;3-2(4,5)1(6)7/h4-7,12-13,21,28,37H,8-11,14-15H2,1-3H3,(H,27,32)(H,30,33)(H,35,36);(H,6,7). The van der Waals surface area contributed by atoms with Gasteiger partial charge < -0.3 is 30.5 Å². The number of aliphatic carboxylic acids is 1. The van der Waals surface area contributed by atoms with E-state index in [1.807, 2.05) is 43.4 Å². The SMILES string of the molecule is Cc1cc(COc2ccc(C3(C)CCN(C(CCNC(=O)CNC(=O)O)C(=O)NO)C3=O)cc2)cc(C)n1.O=C(O)C(F)(F)F. The Kier molecular flexibility index (Phi) is 12.6. The Morgan fingerprint density at radius 3 is 2.16 bits per heavy atom. The second kappa shape index (κ2) is 15.7. The van der Waals surface area contributed by atoms with Crippen LogP contribution in [0, 0.1) is 13.8 Å². The molecule has 6 N–H and O–H groups in total. The van der Waals surface area contributed by atoms with Crippen LogP contribution >= 0.6 is 0 Å². The summed E-state index contributed by atoms with van der Waals surface area (Å²) in [6.45, 7) is 5.89. The highest BCUT2D eigenvalue weighted by Gasteiger charge is 2.47. The van der Waals surface area contributed by atoms with Gasteiger partial charge in [-0.05, 0) is 69.0 Å². The van der Waals surface area contributed by atoms with Crippen molar-refractivity contribution >= 4 is 29.8 Å². The zero-order valence-corrected chi connectivity index (χ0v) is 24.6. The molecule has 0 bridgehead atoms. The molecule has 45 heavy (non-hydrogen) atoms. The summed E-state index contributed by atoms with van der Waals surface area (Å²) in [4.78, 5) is 62.8. The van der Waals surface area contributed by atoms with Gasteiger partial charge in [0.15, 0.2) is 0 Å². The summed E-state index contributed by atoms with van der Waals surface area (Å²) in [5, 5.41) is 29.4. The smallest absolute Gasteiger partial charge is 0.489 e. The van der Waals surface area contributed by atoms with Gasteiger partial charge >= 0.3 is 18.2 Å². The molecule has 1 fully saturated rings. The van der Waals surface area contributed by atoms with E-state index in [0.29, 0.717) is 18.8 Å². The second-order valence-corrected chi connectivity index (χ2v) is 10.2. The number of amides is 4. The topological polar surface area (TPSA) is 207 Å². The number of carbonyl (C=O) groups is 5. The normalized spacial score (nSPS) is 16.6. The van der Waals surface area contributed by atoms with Gasteiger partial charge in [0.2, 0.25) is 11.8 Å². The summed E-state index contributed by atoms with van der Waals surface area (Å²) >= 11 is 0. The number of likely N-dealkylation sites (tertiary alicyclic amines) is 1. The number of nitrogens with one attached hydrogen (secondary N) is 3. The Morgan fingerprint density at radius 2 is 1.64 bits per heavy atom. The van der Waals surface area contributed by atoms with Crippen LogP contribution in [0.2, 0.25) is 0 Å². The van der Waals surface area contributed by atoms with Gasteiger partial charge in [-0.2, -0.15) is 13.2 Å². The minimum absolute atomic E-state index is 0.00127. The Hall–Kier alpha value is -4.93. The fraction of sp³-hybridized carbons (Fsp3) is 0.429. The lowest BCUT2D eigenvalue weighted by Gasteiger charge is -2.29. The molecule has 3 rings (SSSR count). The predicted octanol–water partition coefficient (Wildman–Crippen LogP) is 2.05. The van der Waals surface area contributed by atoms with Gasteiger partial charge in [-0.15, -0.1) is 0 Å². The number of carbonyl (C=O) groups excluding carboxylic acids is 3. The number of pyridine rings is 1. The molecular formula is C28H34F3N5O9. The molecule has 2 aromatic rings. The van der Waals surface area contributed by atoms with E-state index >= 15 is 0 Å². The summed E-state index contributed by atoms with van der Waals surface area (Å²) in [5.74, 6) is -3.73. The fourth-order valence-corrected chi connectivity index (χ4v) is 4.59. The summed E-state index contributed by atoms with van der Waals surface area (Å²) < 4.78 is 37.6. The molecule has 1 aliphatic heterocycles. The van der Waals surface area contributed by atoms with Crippen molar-refractivity contribution in [2.45, 2.75) is 57.9 Å². The third-order valence-corrected chi connectivity index (χ3v) is 6.80. The molecule has 4 amide bonds. The molecule has 246 valence electrons. The van der Waals surface area contributed by atoms with E-state index in [0.717, 1.165) is 22.5 Å². The van der Waals surface area contributed by atoms with Gasteiger partial charge in [-0.3, -0.25) is 24.6 Å². The molecule has 2 unspecified atom stereocenters. The number of carboxylic acid groups (broad SMARTS) is 2. The van der Waals surface area contributed by atoms with Crippen LogP contribution in [0.4, 0.5) is 18.0 Å². The highest BCUT2D eigenvalue weighted by molar-refractivity contribution is 5.94. The van der Waals surface area contributed by atoms with Gasteiger partial charge in [-0.1, -0.05) is 12.1 Å². The number of ether oxygens (including phenoxy) is 1. The Labute approximate surface area is 255 Å². The van der Waals surface area contributed by atoms with E-state index in [-0.39, 0.29) is 25.4 Å². The first-order chi connectivity index (χ1) is 21.0. The van der Waals surface area contributed by atoms with E-state index in [2.05, 4.69) is 10.3 Å². The van der Waals surface area contributed by atoms with Gasteiger partial charge in [0.1, 0.15) is 18.4 Å². The third-order valence-electron chi connectivity index (χ3n) is 6.80. The number of hydrogen-bond donors (Lipinski definition) is 6. The first kappa shape index (κ1) is 36.3. The number of alkyl halides is 3. The fourth-order valence-electron chi connectivity index (χ4n) is 4.59. The van der Waals surface area contributed by atoms with Crippen molar-refractivity contribution in [1.29, 1.82) is 0 Å². The minimum atomic E-state index is -5.08. The largest absolute Gasteiger partial charge is 0.490 e. The lowest BCUT2D eigenvalue weighted by Crippen LogP contribution is -2.50. The van der Waals surface area contributed by atoms with Crippen LogP contribution < -0.4 is 20.9 Å². The Bertz CT molecular complexity index is 1370. The van der Waals surface area contributed by atoms with E-state index in [1.54, 1.807) is 24.5 Å². The maximum Gasteiger partial charge on any atom is 0.490 e. The van der Waals surface area contributed by atoms with Crippen molar-refractivity contribution in [2.24, 2.45) is 0 Å². The highest BCUT2D eigenvalue weighted by atomic mass is 19.4. The molecule has 0 spiro atoms. The van der Waals surface area contributed by atoms with Crippen LogP contribution in [-0.4, -0.2) is 86.9 Å². The van der Waals surface area contributed by atoms with Crippen LogP contribution in [0.3, 0.4) is 0 Å². The molecule has 1 aliphatic rings. The van der Waals surface area contributed by atoms with Crippen LogP contribution in [0.15, 0.2) is 36.4 Å². The van der Waals surface area contributed by atoms with Gasteiger partial charge in [-0.25, -0.2) is 15.1 Å². The molecule has 1 saturated heterocycles. The zero-order chi connectivity index (χ0) is 33.9. The highest BCUT2D eigenvalue weighted by Crippen LogP contribution is 2.37. The monoisotopic (exact) mass is 641 g/mol. The molecule has 17 heteroatoms. The van der Waals surface area contributed by atoms with Crippen LogP contribution in [0.25, 0.3) is 0 Å². The molecular weight excluding hydrogens is 607 g/mol. The van der Waals surface area contributed by atoms with Crippen molar-refractivity contribution in [3.63, 3.8) is 0 Å². The van der Waals surface area contributed by atoms with Crippen molar-refractivity contribution < 1.29 is 57.3 Å². The zero-order valence-electron chi connectivity index (χ0n) is 24.6. The Morgan fingerprint density at radius 1 is 1.07 bits per heavy atom. The summed E-state index contributed by atoms with van der Waals surface area (Å²) in [6, 6.07) is 10.2. The molecule has 1 aromatic carbocycles. The van der Waals surface area contributed by atoms with Crippen LogP contribution in [-0.2, 0) is 31.2 Å². The van der Waals surface area contributed by atoms with Crippen LogP contribution in [0.1, 0.15) is 42.3 Å². The summed E-state index contributed by atoms with van der Waals surface area (Å²) in [6.07, 6.45) is -5.93. The molecule has 14 nitrogen and oxygen atoms in total. The number of hydroxylamine groups is 1. The number of halogens is 3. The first-order valence-corrected chi connectivity index (χ1v) is 13.4. The number of aromatic nitrogens is 1. The number of hydrogen-bond acceptors (Lipinski definition) is 8. The third kappa shape index (κ3) is 10.6. The predicted molar refractivity (Wildman–Crippen MR) is 149 cm³/mol. The molecule has 2 atom stereocenters. The lowest BCUT2D eigenvalue weighted by molar-refractivity contribution is -0.192. The number of rotatable bonds is 11. The van der Waals surface area contributed by atoms with Crippen LogP contribution in [0.5, 0.6) is 5.75 Å². The van der Waals surface area contributed by atoms with E-state index in [4.69, 9.17) is 19.7 Å². The summed E-state index contributed by atoms with van der Waals surface area (Å²) in [5.41, 5.74) is 4.32. The van der Waals surface area contributed by atoms with E-state index < -0.39 is 48.1 Å². The molecule has 0 aliphatic carbocycles. The molecule has 1 aromatic heterocycles. The Balaban J connectivity index is 0.000000900. The molecule has 0 radical (unpaired) electrons. The average Bonchev–Trinajstić information content (AvgIpc) is 3.26. The number of benzene rings is 1. The van der Waals surface area contributed by atoms with Gasteiger partial charge in [0.25, 0.3) is 5.91 Å². The van der Waals surface area contributed by atoms with Crippen molar-refractivity contribution in [1.82, 2.24) is 26.0 Å². The quantitative estimate of drug-likeness (QED) is 0.155. The maximum atomic E-state index is 13.5. The molecule has 0 saturated carbocycles. The summed E-state index contributed by atoms with van der Waals surface area (Å²) in [7, 11) is 0. The second-order valence-electron chi connectivity index (χ2n) is 10.2. The molecule has 2 heterocycles. The maximum absolute atomic E-state index is 13.5. The van der Waals surface area contributed by atoms with Crippen molar-refractivity contribution in [2.75, 3.05) is 19.6 Å². The first-order valence-electron chi connectivity index (χ1n) is 13.4. The lowest BCUT2D eigenvalue weighted by atomic mass is 9.81. The van der Waals surface area contributed by atoms with Crippen molar-refractivity contribution in [3.8, 4) is 5.75 Å². The number of nitrogens with zero attached hydrogens (tertiary/aromatic N) is 2. The van der Waals surface area contributed by atoms with Gasteiger partial charge in [0.05, 0.1) is 12.0 Å².